The second kappa shape index (κ2) is 9.67. The summed E-state index contributed by atoms with van der Waals surface area (Å²) in [5, 5.41) is 10.5. The molecule has 9 heteroatoms. The van der Waals surface area contributed by atoms with Crippen LogP contribution in [0.4, 0.5) is 14.5 Å². The van der Waals surface area contributed by atoms with Gasteiger partial charge < -0.3 is 20.1 Å². The Balaban J connectivity index is 1.43. The number of guanidine groups is 1. The highest BCUT2D eigenvalue weighted by atomic mass is 19.1. The van der Waals surface area contributed by atoms with Crippen LogP contribution in [0.1, 0.15) is 44.3 Å². The van der Waals surface area contributed by atoms with Crippen LogP contribution < -0.4 is 15.5 Å². The van der Waals surface area contributed by atoms with Gasteiger partial charge >= 0.3 is 0 Å². The molecular formula is C20H28F2N6O. The van der Waals surface area contributed by atoms with E-state index in [1.54, 1.807) is 11.9 Å². The van der Waals surface area contributed by atoms with Crippen LogP contribution in [0, 0.1) is 11.6 Å². The number of halogens is 2. The van der Waals surface area contributed by atoms with Gasteiger partial charge in [0, 0.05) is 45.1 Å². The molecule has 1 aromatic carbocycles. The summed E-state index contributed by atoms with van der Waals surface area (Å²) in [5.41, 5.74) is 0.0417. The van der Waals surface area contributed by atoms with Crippen LogP contribution in [0.5, 0.6) is 0 Å². The summed E-state index contributed by atoms with van der Waals surface area (Å²) in [7, 11) is 1.70. The van der Waals surface area contributed by atoms with Gasteiger partial charge in [0.1, 0.15) is 17.3 Å². The molecule has 29 heavy (non-hydrogen) atoms. The van der Waals surface area contributed by atoms with Gasteiger partial charge in [-0.1, -0.05) is 25.1 Å². The summed E-state index contributed by atoms with van der Waals surface area (Å²) in [6.07, 6.45) is 2.28. The second-order valence-electron chi connectivity index (χ2n) is 7.45. The molecule has 0 saturated carbocycles. The molecule has 1 saturated heterocycles. The van der Waals surface area contributed by atoms with E-state index in [0.29, 0.717) is 37.9 Å². The number of para-hydroxylation sites is 1. The predicted molar refractivity (Wildman–Crippen MR) is 108 cm³/mol. The SMILES string of the molecule is CN=C(NCCCc1nc(C(C)C)no1)NC1CCN(c2c(F)cccc2F)C1. The first-order valence-corrected chi connectivity index (χ1v) is 9.96. The number of aliphatic imine (C=N–C) groups is 1. The summed E-state index contributed by atoms with van der Waals surface area (Å²) >= 11 is 0. The first-order chi connectivity index (χ1) is 14.0. The number of anilines is 1. The zero-order valence-corrected chi connectivity index (χ0v) is 17.1. The summed E-state index contributed by atoms with van der Waals surface area (Å²) in [5.74, 6) is 1.21. The number of nitrogens with zero attached hydrogens (tertiary/aromatic N) is 4. The minimum Gasteiger partial charge on any atom is -0.365 e. The van der Waals surface area contributed by atoms with Crippen molar-refractivity contribution in [3.05, 3.63) is 41.5 Å². The summed E-state index contributed by atoms with van der Waals surface area (Å²) in [6, 6.07) is 4.01. The van der Waals surface area contributed by atoms with Gasteiger partial charge in [0.2, 0.25) is 5.89 Å². The zero-order valence-electron chi connectivity index (χ0n) is 17.1. The molecule has 1 aliphatic rings. The molecule has 1 unspecified atom stereocenters. The largest absolute Gasteiger partial charge is 0.365 e. The molecule has 2 aromatic rings. The van der Waals surface area contributed by atoms with Crippen LogP contribution in [0.15, 0.2) is 27.7 Å². The molecule has 0 radical (unpaired) electrons. The molecule has 3 rings (SSSR count). The fourth-order valence-electron chi connectivity index (χ4n) is 3.31. The summed E-state index contributed by atoms with van der Waals surface area (Å²) in [6.45, 7) is 5.84. The third-order valence-electron chi connectivity index (χ3n) is 4.87. The van der Waals surface area contributed by atoms with Gasteiger partial charge in [0.05, 0.1) is 0 Å². The second-order valence-corrected chi connectivity index (χ2v) is 7.45. The maximum absolute atomic E-state index is 14.0. The van der Waals surface area contributed by atoms with Gasteiger partial charge in [-0.15, -0.1) is 0 Å². The first kappa shape index (κ1) is 21.0. The normalized spacial score (nSPS) is 17.2. The lowest BCUT2D eigenvalue weighted by atomic mass is 10.2. The van der Waals surface area contributed by atoms with Gasteiger partial charge in [-0.05, 0) is 25.0 Å². The molecule has 0 spiro atoms. The predicted octanol–water partition coefficient (Wildman–Crippen LogP) is 2.85. The first-order valence-electron chi connectivity index (χ1n) is 9.96. The summed E-state index contributed by atoms with van der Waals surface area (Å²) < 4.78 is 33.2. The lowest BCUT2D eigenvalue weighted by molar-refractivity contribution is 0.368. The Hall–Kier alpha value is -2.71. The minimum atomic E-state index is -0.533. The molecule has 0 amide bonds. The number of benzene rings is 1. The molecule has 0 aliphatic carbocycles. The summed E-state index contributed by atoms with van der Waals surface area (Å²) in [4.78, 5) is 10.3. The van der Waals surface area contributed by atoms with E-state index in [9.17, 15) is 8.78 Å². The third kappa shape index (κ3) is 5.42. The van der Waals surface area contributed by atoms with Crippen LogP contribution in [0.2, 0.25) is 0 Å². The Labute approximate surface area is 169 Å². The number of aryl methyl sites for hydroxylation is 1. The van der Waals surface area contributed by atoms with Crippen molar-refractivity contribution in [3.63, 3.8) is 0 Å². The van der Waals surface area contributed by atoms with E-state index in [2.05, 4.69) is 25.8 Å². The highest BCUT2D eigenvalue weighted by molar-refractivity contribution is 5.80. The van der Waals surface area contributed by atoms with Crippen molar-refractivity contribution in [3.8, 4) is 0 Å². The Kier molecular flexibility index (Phi) is 7.00. The monoisotopic (exact) mass is 406 g/mol. The topological polar surface area (TPSA) is 78.6 Å². The highest BCUT2D eigenvalue weighted by Gasteiger charge is 2.27. The number of nitrogens with one attached hydrogen (secondary N) is 2. The maximum atomic E-state index is 14.0. The average molecular weight is 406 g/mol. The van der Waals surface area contributed by atoms with E-state index in [1.807, 2.05) is 13.8 Å². The molecule has 1 aromatic heterocycles. The fourth-order valence-corrected chi connectivity index (χ4v) is 3.31. The Morgan fingerprint density at radius 3 is 2.76 bits per heavy atom. The smallest absolute Gasteiger partial charge is 0.226 e. The minimum absolute atomic E-state index is 0.0417. The number of rotatable bonds is 7. The van der Waals surface area contributed by atoms with E-state index < -0.39 is 11.6 Å². The van der Waals surface area contributed by atoms with Crippen LogP contribution in [-0.2, 0) is 6.42 Å². The van der Waals surface area contributed by atoms with Crippen LogP contribution in [-0.4, -0.2) is 48.8 Å². The molecule has 0 bridgehead atoms. The van der Waals surface area contributed by atoms with E-state index in [4.69, 9.17) is 4.52 Å². The van der Waals surface area contributed by atoms with Crippen molar-refractivity contribution < 1.29 is 13.3 Å². The number of hydrogen-bond donors (Lipinski definition) is 2. The van der Waals surface area contributed by atoms with Gasteiger partial charge in [-0.2, -0.15) is 4.98 Å². The van der Waals surface area contributed by atoms with Crippen molar-refractivity contribution in [1.82, 2.24) is 20.8 Å². The molecule has 2 heterocycles. The van der Waals surface area contributed by atoms with Crippen LogP contribution >= 0.6 is 0 Å². The van der Waals surface area contributed by atoms with Gasteiger partial charge in [-0.3, -0.25) is 4.99 Å². The van der Waals surface area contributed by atoms with Crippen molar-refractivity contribution in [1.29, 1.82) is 0 Å². The van der Waals surface area contributed by atoms with Crippen molar-refractivity contribution >= 4 is 11.6 Å². The molecule has 2 N–H and O–H groups in total. The van der Waals surface area contributed by atoms with E-state index >= 15 is 0 Å². The molecule has 7 nitrogen and oxygen atoms in total. The third-order valence-corrected chi connectivity index (χ3v) is 4.87. The highest BCUT2D eigenvalue weighted by Crippen LogP contribution is 2.26. The lowest BCUT2D eigenvalue weighted by Gasteiger charge is -2.21. The molecular weight excluding hydrogens is 378 g/mol. The van der Waals surface area contributed by atoms with E-state index in [0.717, 1.165) is 18.7 Å². The zero-order chi connectivity index (χ0) is 20.8. The van der Waals surface area contributed by atoms with Gasteiger partial charge in [0.15, 0.2) is 11.8 Å². The molecule has 1 aliphatic heterocycles. The number of aromatic nitrogens is 2. The van der Waals surface area contributed by atoms with Crippen LogP contribution in [0.3, 0.4) is 0 Å². The van der Waals surface area contributed by atoms with Gasteiger partial charge in [0.25, 0.3) is 0 Å². The van der Waals surface area contributed by atoms with Crippen LogP contribution in [0.25, 0.3) is 0 Å². The number of hydrogen-bond acceptors (Lipinski definition) is 5. The van der Waals surface area contributed by atoms with Gasteiger partial charge in [-0.25, -0.2) is 8.78 Å². The van der Waals surface area contributed by atoms with Crippen molar-refractivity contribution in [2.45, 2.75) is 45.1 Å². The average Bonchev–Trinajstić information content (AvgIpc) is 3.34. The molecule has 1 atom stereocenters. The molecule has 158 valence electrons. The fraction of sp³-hybridized carbons (Fsp3) is 0.550. The van der Waals surface area contributed by atoms with Crippen molar-refractivity contribution in [2.75, 3.05) is 31.6 Å². The maximum Gasteiger partial charge on any atom is 0.226 e. The van der Waals surface area contributed by atoms with Crippen molar-refractivity contribution in [2.24, 2.45) is 4.99 Å². The van der Waals surface area contributed by atoms with E-state index in [-0.39, 0.29) is 17.6 Å². The quantitative estimate of drug-likeness (QED) is 0.418. The van der Waals surface area contributed by atoms with E-state index in [1.165, 1.54) is 18.2 Å². The standard InChI is InChI=1S/C20H28F2N6O/c1-13(2)19-26-17(29-27-19)8-5-10-24-20(23-3)25-14-9-11-28(12-14)18-15(21)6-4-7-16(18)22/h4,6-7,13-14H,5,8-12H2,1-3H3,(H2,23,24,25). The Morgan fingerprint density at radius 1 is 1.34 bits per heavy atom. The Morgan fingerprint density at radius 2 is 2.10 bits per heavy atom. The molecule has 1 fully saturated rings. The lowest BCUT2D eigenvalue weighted by Crippen LogP contribution is -2.45. The Bertz CT molecular complexity index is 818.